The van der Waals surface area contributed by atoms with Crippen molar-refractivity contribution in [2.24, 2.45) is 0 Å². The molecule has 0 saturated heterocycles. The van der Waals surface area contributed by atoms with Crippen LogP contribution in [0.5, 0.6) is 0 Å². The van der Waals surface area contributed by atoms with Crippen LogP contribution < -0.4 is 0 Å². The summed E-state index contributed by atoms with van der Waals surface area (Å²) in [7, 11) is 0. The molecule has 150 valence electrons. The highest BCUT2D eigenvalue weighted by atomic mass is 16.5. The fourth-order valence-electron chi connectivity index (χ4n) is 2.47. The molecule has 4 nitrogen and oxygen atoms in total. The average Bonchev–Trinajstić information content (AvgIpc) is 2.64. The number of unbranched alkanes of at least 4 members (excludes halogenated alkanes) is 10. The molecule has 0 aliphatic carbocycles. The van der Waals surface area contributed by atoms with Crippen molar-refractivity contribution in [1.82, 2.24) is 0 Å². The van der Waals surface area contributed by atoms with Crippen LogP contribution in [0, 0.1) is 0 Å². The zero-order valence-corrected chi connectivity index (χ0v) is 16.8. The van der Waals surface area contributed by atoms with Crippen LogP contribution >= 0.6 is 0 Å². The molecule has 0 saturated carbocycles. The molecule has 0 amide bonds. The van der Waals surface area contributed by atoms with E-state index in [1.54, 1.807) is 0 Å². The Balaban J connectivity index is 3.56. The molecule has 0 fully saturated rings. The van der Waals surface area contributed by atoms with Gasteiger partial charge in [0.05, 0.1) is 13.2 Å². The third-order valence-electron chi connectivity index (χ3n) is 4.06. The summed E-state index contributed by atoms with van der Waals surface area (Å²) in [6, 6.07) is 0. The van der Waals surface area contributed by atoms with Gasteiger partial charge in [0.25, 0.3) is 0 Å². The third kappa shape index (κ3) is 18.8. The Kier molecular flexibility index (Phi) is 18.5. The molecule has 0 aliphatic rings. The fraction of sp³-hybridized carbons (Fsp3) is 0.727. The number of ether oxygens (including phenoxy) is 2. The Bertz CT molecular complexity index is 361. The van der Waals surface area contributed by atoms with Gasteiger partial charge in [-0.15, -0.1) is 0 Å². The van der Waals surface area contributed by atoms with Crippen molar-refractivity contribution in [1.29, 1.82) is 0 Å². The molecule has 0 radical (unpaired) electrons. The summed E-state index contributed by atoms with van der Waals surface area (Å²) in [5.74, 6) is -0.743. The minimum Gasteiger partial charge on any atom is -0.463 e. The van der Waals surface area contributed by atoms with Crippen LogP contribution in [0.3, 0.4) is 0 Å². The van der Waals surface area contributed by atoms with Crippen molar-refractivity contribution in [3.8, 4) is 0 Å². The van der Waals surface area contributed by atoms with E-state index in [1.165, 1.54) is 75.7 Å². The van der Waals surface area contributed by atoms with Crippen molar-refractivity contribution < 1.29 is 19.1 Å². The van der Waals surface area contributed by atoms with Crippen LogP contribution in [0.4, 0.5) is 0 Å². The van der Waals surface area contributed by atoms with Gasteiger partial charge < -0.3 is 9.47 Å². The van der Waals surface area contributed by atoms with Gasteiger partial charge in [0.1, 0.15) is 0 Å². The predicted molar refractivity (Wildman–Crippen MR) is 107 cm³/mol. The minimum atomic E-state index is -0.372. The van der Waals surface area contributed by atoms with Gasteiger partial charge in [0.15, 0.2) is 0 Å². The second kappa shape index (κ2) is 19.7. The van der Waals surface area contributed by atoms with Gasteiger partial charge in [0.2, 0.25) is 0 Å². The Morgan fingerprint density at radius 2 is 0.923 bits per heavy atom. The monoisotopic (exact) mass is 366 g/mol. The van der Waals surface area contributed by atoms with Gasteiger partial charge in [0, 0.05) is 12.2 Å². The highest BCUT2D eigenvalue weighted by Crippen LogP contribution is 2.05. The number of hydrogen-bond donors (Lipinski definition) is 0. The first-order valence-corrected chi connectivity index (χ1v) is 10.4. The number of carbonyl (C=O) groups excluding carboxylic acids is 2. The van der Waals surface area contributed by atoms with Crippen LogP contribution in [0.25, 0.3) is 0 Å². The standard InChI is InChI=1S/C22H38O4/c1-3-5-7-9-11-15-19-25-21(23)17-13-14-18-22(24)26-20-16-12-10-8-6-4-2/h13-14,17-18H,3-12,15-16,19-20H2,1-2H3/b17-13-,18-14-. The molecule has 0 unspecified atom stereocenters. The lowest BCUT2D eigenvalue weighted by Crippen LogP contribution is -2.03. The predicted octanol–water partition coefficient (Wildman–Crippen LogP) is 5.91. The molecule has 0 bridgehead atoms. The molecule has 0 heterocycles. The van der Waals surface area contributed by atoms with E-state index in [9.17, 15) is 9.59 Å². The SMILES string of the molecule is CCCCCCCCOC(=O)/C=C\C=C/C(=O)OCCCCCCCC. The van der Waals surface area contributed by atoms with E-state index in [1.807, 2.05) is 0 Å². The van der Waals surface area contributed by atoms with Crippen LogP contribution in [0.2, 0.25) is 0 Å². The average molecular weight is 367 g/mol. The van der Waals surface area contributed by atoms with E-state index in [4.69, 9.17) is 9.47 Å². The van der Waals surface area contributed by atoms with Crippen LogP contribution in [0.1, 0.15) is 90.9 Å². The zero-order valence-electron chi connectivity index (χ0n) is 16.8. The summed E-state index contributed by atoms with van der Waals surface area (Å²) in [5, 5.41) is 0. The van der Waals surface area contributed by atoms with Gasteiger partial charge in [-0.3, -0.25) is 0 Å². The van der Waals surface area contributed by atoms with Crippen molar-refractivity contribution >= 4 is 11.9 Å². The van der Waals surface area contributed by atoms with Gasteiger partial charge >= 0.3 is 11.9 Å². The summed E-state index contributed by atoms with van der Waals surface area (Å²) >= 11 is 0. The maximum Gasteiger partial charge on any atom is 0.330 e. The molecule has 0 aromatic heterocycles. The van der Waals surface area contributed by atoms with Crippen LogP contribution in [-0.2, 0) is 19.1 Å². The van der Waals surface area contributed by atoms with Gasteiger partial charge in [-0.2, -0.15) is 0 Å². The number of esters is 2. The molecular formula is C22H38O4. The lowest BCUT2D eigenvalue weighted by molar-refractivity contribution is -0.138. The number of hydrogen-bond acceptors (Lipinski definition) is 4. The molecule has 0 aromatic carbocycles. The molecule has 26 heavy (non-hydrogen) atoms. The van der Waals surface area contributed by atoms with E-state index in [0.29, 0.717) is 13.2 Å². The maximum absolute atomic E-state index is 11.5. The van der Waals surface area contributed by atoms with E-state index in [-0.39, 0.29) is 11.9 Å². The van der Waals surface area contributed by atoms with Crippen molar-refractivity contribution in [2.45, 2.75) is 90.9 Å². The van der Waals surface area contributed by atoms with Crippen LogP contribution in [0.15, 0.2) is 24.3 Å². The molecule has 0 aliphatic heterocycles. The van der Waals surface area contributed by atoms with E-state index in [0.717, 1.165) is 25.7 Å². The lowest BCUT2D eigenvalue weighted by atomic mass is 10.1. The fourth-order valence-corrected chi connectivity index (χ4v) is 2.47. The highest BCUT2D eigenvalue weighted by molar-refractivity contribution is 5.84. The van der Waals surface area contributed by atoms with Crippen molar-refractivity contribution in [3.05, 3.63) is 24.3 Å². The third-order valence-corrected chi connectivity index (χ3v) is 4.06. The summed E-state index contributed by atoms with van der Waals surface area (Å²) in [4.78, 5) is 23.0. The summed E-state index contributed by atoms with van der Waals surface area (Å²) < 4.78 is 10.2. The Hall–Kier alpha value is -1.58. The normalized spacial score (nSPS) is 11.3. The Morgan fingerprint density at radius 3 is 1.31 bits per heavy atom. The lowest BCUT2D eigenvalue weighted by Gasteiger charge is -2.02. The largest absolute Gasteiger partial charge is 0.463 e. The smallest absolute Gasteiger partial charge is 0.330 e. The minimum absolute atomic E-state index is 0.372. The summed E-state index contributed by atoms with van der Waals surface area (Å²) in [5.41, 5.74) is 0. The van der Waals surface area contributed by atoms with Crippen molar-refractivity contribution in [2.75, 3.05) is 13.2 Å². The number of allylic oxidation sites excluding steroid dienone is 2. The summed E-state index contributed by atoms with van der Waals surface area (Å²) in [6.45, 7) is 5.30. The van der Waals surface area contributed by atoms with Gasteiger partial charge in [-0.25, -0.2) is 9.59 Å². The second-order valence-corrected chi connectivity index (χ2v) is 6.59. The molecule has 0 N–H and O–H groups in total. The first kappa shape index (κ1) is 24.4. The van der Waals surface area contributed by atoms with Gasteiger partial charge in [-0.05, 0) is 12.8 Å². The Labute approximate surface area is 160 Å². The van der Waals surface area contributed by atoms with E-state index < -0.39 is 0 Å². The molecule has 4 heteroatoms. The molecular weight excluding hydrogens is 328 g/mol. The topological polar surface area (TPSA) is 52.6 Å². The maximum atomic E-state index is 11.5. The van der Waals surface area contributed by atoms with Crippen molar-refractivity contribution in [3.63, 3.8) is 0 Å². The summed E-state index contributed by atoms with van der Waals surface area (Å²) in [6.07, 6.45) is 19.6. The second-order valence-electron chi connectivity index (χ2n) is 6.59. The number of carbonyl (C=O) groups is 2. The zero-order chi connectivity index (χ0) is 19.3. The first-order chi connectivity index (χ1) is 12.7. The molecule has 0 spiro atoms. The molecule has 0 atom stereocenters. The highest BCUT2D eigenvalue weighted by Gasteiger charge is 1.98. The van der Waals surface area contributed by atoms with E-state index in [2.05, 4.69) is 13.8 Å². The molecule has 0 aromatic rings. The number of rotatable bonds is 17. The Morgan fingerprint density at radius 1 is 0.577 bits per heavy atom. The van der Waals surface area contributed by atoms with Crippen LogP contribution in [-0.4, -0.2) is 25.2 Å². The first-order valence-electron chi connectivity index (χ1n) is 10.4. The molecule has 0 rings (SSSR count). The quantitative estimate of drug-likeness (QED) is 0.139. The van der Waals surface area contributed by atoms with Gasteiger partial charge in [-0.1, -0.05) is 90.2 Å². The van der Waals surface area contributed by atoms with E-state index >= 15 is 0 Å².